The lowest BCUT2D eigenvalue weighted by atomic mass is 9.98. The molecule has 0 bridgehead atoms. The van der Waals surface area contributed by atoms with Crippen LogP contribution in [0.5, 0.6) is 5.75 Å². The molecule has 0 aliphatic carbocycles. The van der Waals surface area contributed by atoms with Crippen LogP contribution in [0.1, 0.15) is 27.7 Å². The predicted molar refractivity (Wildman–Crippen MR) is 111 cm³/mol. The van der Waals surface area contributed by atoms with Crippen molar-refractivity contribution in [3.05, 3.63) is 28.2 Å². The molecule has 10 nitrogen and oxygen atoms in total. The molecule has 0 unspecified atom stereocenters. The van der Waals surface area contributed by atoms with Crippen molar-refractivity contribution in [3.8, 4) is 5.75 Å². The normalized spacial score (nSPS) is 32.0. The fourth-order valence-electron chi connectivity index (χ4n) is 3.80. The number of hydrogen-bond acceptors (Lipinski definition) is 8. The maximum absolute atomic E-state index is 12.8. The highest BCUT2D eigenvalue weighted by atomic mass is 35.5. The number of hydrazine groups is 1. The van der Waals surface area contributed by atoms with Gasteiger partial charge in [0.15, 0.2) is 30.6 Å². The molecule has 0 aromatic heterocycles. The first kappa shape index (κ1) is 23.5. The number of benzene rings is 1. The molecule has 0 saturated carbocycles. The van der Waals surface area contributed by atoms with Gasteiger partial charge in [-0.3, -0.25) is 20.4 Å². The van der Waals surface area contributed by atoms with E-state index in [0.717, 1.165) is 0 Å². The fraction of sp³-hybridized carbons (Fsp3) is 0.600. The molecular weight excluding hydrogens is 467 g/mol. The largest absolute Gasteiger partial charge is 0.482 e. The first-order valence-corrected chi connectivity index (χ1v) is 10.7. The van der Waals surface area contributed by atoms with Crippen LogP contribution in [0.4, 0.5) is 0 Å². The second kappa shape index (κ2) is 8.60. The summed E-state index contributed by atoms with van der Waals surface area (Å²) < 4.78 is 34.7. The fourth-order valence-corrected chi connectivity index (χ4v) is 4.26. The number of ether oxygens (including phenoxy) is 6. The predicted octanol–water partition coefficient (Wildman–Crippen LogP) is 1.92. The quantitative estimate of drug-likeness (QED) is 0.615. The number of fused-ring (bicyclic) bond motifs is 3. The molecule has 1 aromatic carbocycles. The van der Waals surface area contributed by atoms with E-state index in [1.165, 1.54) is 12.1 Å². The summed E-state index contributed by atoms with van der Waals surface area (Å²) in [7, 11) is 0. The van der Waals surface area contributed by atoms with E-state index in [1.807, 2.05) is 0 Å². The number of carbonyl (C=O) groups is 2. The zero-order valence-electron chi connectivity index (χ0n) is 17.8. The van der Waals surface area contributed by atoms with E-state index in [1.54, 1.807) is 33.8 Å². The minimum Gasteiger partial charge on any atom is -0.482 e. The van der Waals surface area contributed by atoms with Gasteiger partial charge in [-0.2, -0.15) is 0 Å². The van der Waals surface area contributed by atoms with Gasteiger partial charge in [-0.15, -0.1) is 0 Å². The van der Waals surface area contributed by atoms with E-state index < -0.39 is 54.1 Å². The molecule has 4 rings (SSSR count). The van der Waals surface area contributed by atoms with Gasteiger partial charge in [-0.1, -0.05) is 23.2 Å². The first-order valence-electron chi connectivity index (χ1n) is 9.97. The zero-order chi connectivity index (χ0) is 23.3. The summed E-state index contributed by atoms with van der Waals surface area (Å²) in [6, 6.07) is 4.60. The molecule has 176 valence electrons. The lowest BCUT2D eigenvalue weighted by Gasteiger charge is -2.36. The van der Waals surface area contributed by atoms with Gasteiger partial charge in [0.25, 0.3) is 11.8 Å². The van der Waals surface area contributed by atoms with Crippen molar-refractivity contribution in [3.63, 3.8) is 0 Å². The Bertz CT molecular complexity index is 912. The molecule has 0 spiro atoms. The van der Waals surface area contributed by atoms with Crippen LogP contribution < -0.4 is 15.6 Å². The molecule has 1 aromatic rings. The number of hydrogen-bond donors (Lipinski definition) is 2. The Morgan fingerprint density at radius 1 is 0.969 bits per heavy atom. The SMILES string of the molecule is CC1(C)O[C@H]2[C@@H](O1)[C@@H](C(=O)NNC(=O)COc1ccc(Cl)cc1Cl)O[C@H]1OC(C)(C)O[C@@H]12. The average Bonchev–Trinajstić information content (AvgIpc) is 3.18. The Balaban J connectivity index is 1.35. The molecule has 2 amide bonds. The van der Waals surface area contributed by atoms with Gasteiger partial charge < -0.3 is 28.4 Å². The number of carbonyl (C=O) groups excluding carboxylic acids is 2. The minimum atomic E-state index is -1.10. The topological polar surface area (TPSA) is 114 Å². The van der Waals surface area contributed by atoms with Crippen molar-refractivity contribution >= 4 is 35.0 Å². The second-order valence-corrected chi connectivity index (χ2v) is 9.33. The third kappa shape index (κ3) is 4.96. The highest BCUT2D eigenvalue weighted by molar-refractivity contribution is 6.35. The number of rotatable bonds is 4. The summed E-state index contributed by atoms with van der Waals surface area (Å²) >= 11 is 11.8. The molecular formula is C20H24Cl2N2O8. The Kier molecular flexibility index (Phi) is 6.32. The first-order chi connectivity index (χ1) is 14.9. The summed E-state index contributed by atoms with van der Waals surface area (Å²) in [6.07, 6.45) is -3.84. The van der Waals surface area contributed by atoms with Gasteiger partial charge in [-0.05, 0) is 45.9 Å². The van der Waals surface area contributed by atoms with Gasteiger partial charge in [0, 0.05) is 5.02 Å². The summed E-state index contributed by atoms with van der Waals surface area (Å²) in [5.41, 5.74) is 4.60. The molecule has 3 aliphatic rings. The van der Waals surface area contributed by atoms with Gasteiger partial charge in [0.05, 0.1) is 5.02 Å². The van der Waals surface area contributed by atoms with Crippen LogP contribution in [0.3, 0.4) is 0 Å². The highest BCUT2D eigenvalue weighted by Crippen LogP contribution is 2.44. The molecule has 3 saturated heterocycles. The van der Waals surface area contributed by atoms with Crippen LogP contribution in [0.2, 0.25) is 10.0 Å². The third-order valence-corrected chi connectivity index (χ3v) is 5.52. The minimum absolute atomic E-state index is 0.258. The van der Waals surface area contributed by atoms with E-state index in [4.69, 9.17) is 51.6 Å². The molecule has 3 fully saturated rings. The monoisotopic (exact) mass is 490 g/mol. The molecule has 3 heterocycles. The van der Waals surface area contributed by atoms with Crippen LogP contribution in [0.15, 0.2) is 18.2 Å². The molecule has 0 radical (unpaired) electrons. The summed E-state index contributed by atoms with van der Waals surface area (Å²) in [4.78, 5) is 24.9. The Hall–Kier alpha value is -1.66. The van der Waals surface area contributed by atoms with Gasteiger partial charge >= 0.3 is 0 Å². The van der Waals surface area contributed by atoms with Crippen molar-refractivity contribution in [1.82, 2.24) is 10.9 Å². The van der Waals surface area contributed by atoms with Crippen molar-refractivity contribution in [1.29, 1.82) is 0 Å². The maximum Gasteiger partial charge on any atom is 0.276 e. The molecule has 5 atom stereocenters. The van der Waals surface area contributed by atoms with E-state index in [-0.39, 0.29) is 17.4 Å². The maximum atomic E-state index is 12.8. The van der Waals surface area contributed by atoms with E-state index in [2.05, 4.69) is 10.9 Å². The molecule has 2 N–H and O–H groups in total. The lowest BCUT2D eigenvalue weighted by Crippen LogP contribution is -2.61. The second-order valence-electron chi connectivity index (χ2n) is 8.49. The van der Waals surface area contributed by atoms with Crippen LogP contribution in [-0.2, 0) is 33.3 Å². The molecule has 12 heteroatoms. The van der Waals surface area contributed by atoms with Crippen LogP contribution in [0, 0.1) is 0 Å². The molecule has 32 heavy (non-hydrogen) atoms. The van der Waals surface area contributed by atoms with Crippen LogP contribution >= 0.6 is 23.2 Å². The lowest BCUT2D eigenvalue weighted by molar-refractivity contribution is -0.231. The van der Waals surface area contributed by atoms with Crippen molar-refractivity contribution in [2.24, 2.45) is 0 Å². The summed E-state index contributed by atoms with van der Waals surface area (Å²) in [6.45, 7) is 6.57. The van der Waals surface area contributed by atoms with E-state index in [0.29, 0.717) is 5.02 Å². The molecule has 3 aliphatic heterocycles. The number of halogens is 2. The zero-order valence-corrected chi connectivity index (χ0v) is 19.4. The van der Waals surface area contributed by atoms with Crippen LogP contribution in [-0.4, -0.2) is 60.7 Å². The van der Waals surface area contributed by atoms with Crippen molar-refractivity contribution in [2.75, 3.05) is 6.61 Å². The third-order valence-electron chi connectivity index (χ3n) is 4.99. The Morgan fingerprint density at radius 3 is 2.34 bits per heavy atom. The average molecular weight is 491 g/mol. The smallest absolute Gasteiger partial charge is 0.276 e. The van der Waals surface area contributed by atoms with Crippen molar-refractivity contribution < 1.29 is 38.0 Å². The Morgan fingerprint density at radius 2 is 1.62 bits per heavy atom. The van der Waals surface area contributed by atoms with E-state index >= 15 is 0 Å². The van der Waals surface area contributed by atoms with Gasteiger partial charge in [0.2, 0.25) is 0 Å². The van der Waals surface area contributed by atoms with E-state index in [9.17, 15) is 9.59 Å². The number of amides is 2. The number of nitrogens with one attached hydrogen (secondary N) is 2. The summed E-state index contributed by atoms with van der Waals surface area (Å²) in [5, 5.41) is 0.696. The highest BCUT2D eigenvalue weighted by Gasteiger charge is 2.62. The van der Waals surface area contributed by atoms with Crippen molar-refractivity contribution in [2.45, 2.75) is 70.0 Å². The van der Waals surface area contributed by atoms with Gasteiger partial charge in [0.1, 0.15) is 24.1 Å². The standard InChI is InChI=1S/C20H24Cl2N2O8/c1-19(2)29-13-14(30-19)16-18(32-20(3,4)31-16)28-15(13)17(26)24-23-12(25)8-27-11-6-5-9(21)7-10(11)22/h5-7,13-16,18H,8H2,1-4H3,(H,23,25)(H,24,26)/t13-,14+,15+,16-,18+/m1/s1. The summed E-state index contributed by atoms with van der Waals surface area (Å²) in [5.74, 6) is -2.82. The van der Waals surface area contributed by atoms with Crippen LogP contribution in [0.25, 0.3) is 0 Å². The Labute approximate surface area is 194 Å². The van der Waals surface area contributed by atoms with Gasteiger partial charge in [-0.25, -0.2) is 0 Å².